The molecule has 1 saturated heterocycles. The summed E-state index contributed by atoms with van der Waals surface area (Å²) in [5, 5.41) is 7.18. The molecule has 0 aromatic heterocycles. The fourth-order valence-corrected chi connectivity index (χ4v) is 2.71. The van der Waals surface area contributed by atoms with E-state index in [1.165, 1.54) is 0 Å². The Bertz CT molecular complexity index is 548. The van der Waals surface area contributed by atoms with Crippen LogP contribution in [0.1, 0.15) is 38.8 Å². The summed E-state index contributed by atoms with van der Waals surface area (Å²) in [4.78, 5) is 12.3. The van der Waals surface area contributed by atoms with Gasteiger partial charge in [-0.2, -0.15) is 0 Å². The summed E-state index contributed by atoms with van der Waals surface area (Å²) in [5.41, 5.74) is 1.42. The Morgan fingerprint density at radius 2 is 2.19 bits per heavy atom. The van der Waals surface area contributed by atoms with Gasteiger partial charge in [-0.25, -0.2) is 0 Å². The number of amides is 1. The second-order valence-corrected chi connectivity index (χ2v) is 6.99. The van der Waals surface area contributed by atoms with E-state index in [0.29, 0.717) is 10.9 Å². The average Bonchev–Trinajstić information content (AvgIpc) is 2.87. The summed E-state index contributed by atoms with van der Waals surface area (Å²) in [6.07, 6.45) is 3.02. The van der Waals surface area contributed by atoms with Gasteiger partial charge in [0.15, 0.2) is 0 Å². The highest BCUT2D eigenvalue weighted by atomic mass is 35.5. The zero-order valence-electron chi connectivity index (χ0n) is 12.9. The van der Waals surface area contributed by atoms with Crippen molar-refractivity contribution >= 4 is 23.2 Å². The molecular weight excluding hydrogens is 284 g/mol. The summed E-state index contributed by atoms with van der Waals surface area (Å²) in [6, 6.07) is 5.76. The van der Waals surface area contributed by atoms with Gasteiger partial charge in [-0.1, -0.05) is 38.4 Å². The van der Waals surface area contributed by atoms with Crippen molar-refractivity contribution in [2.45, 2.75) is 33.2 Å². The third-order valence-corrected chi connectivity index (χ3v) is 4.09. The average molecular weight is 307 g/mol. The van der Waals surface area contributed by atoms with Crippen LogP contribution in [0.25, 0.3) is 0 Å². The Morgan fingerprint density at radius 3 is 2.81 bits per heavy atom. The number of anilines is 1. The van der Waals surface area contributed by atoms with Gasteiger partial charge < -0.3 is 10.6 Å². The van der Waals surface area contributed by atoms with Gasteiger partial charge >= 0.3 is 0 Å². The van der Waals surface area contributed by atoms with E-state index in [9.17, 15) is 4.79 Å². The molecule has 0 radical (unpaired) electrons. The first-order chi connectivity index (χ1) is 9.82. The van der Waals surface area contributed by atoms with Gasteiger partial charge in [0.05, 0.1) is 0 Å². The number of carbonyl (C=O) groups is 1. The lowest BCUT2D eigenvalue weighted by molar-refractivity contribution is -0.123. The molecule has 3 nitrogen and oxygen atoms in total. The first-order valence-corrected chi connectivity index (χ1v) is 7.67. The summed E-state index contributed by atoms with van der Waals surface area (Å²) in [7, 11) is 0. The topological polar surface area (TPSA) is 41.1 Å². The lowest BCUT2D eigenvalue weighted by atomic mass is 9.92. The van der Waals surface area contributed by atoms with Crippen molar-refractivity contribution in [3.8, 4) is 0 Å². The Hall–Kier alpha value is -1.32. The zero-order chi connectivity index (χ0) is 15.6. The van der Waals surface area contributed by atoms with E-state index in [1.807, 2.05) is 39.0 Å². The predicted molar refractivity (Wildman–Crippen MR) is 88.6 cm³/mol. The lowest BCUT2D eigenvalue weighted by Crippen LogP contribution is -2.29. The molecule has 1 amide bonds. The molecular formula is C17H23ClN2O. The molecule has 2 rings (SSSR count). The molecule has 0 spiro atoms. The fraction of sp³-hybridized carbons (Fsp3) is 0.471. The van der Waals surface area contributed by atoms with Crippen LogP contribution in [-0.2, 0) is 4.79 Å². The highest BCUT2D eigenvalue weighted by Crippen LogP contribution is 2.36. The van der Waals surface area contributed by atoms with Gasteiger partial charge in [-0.15, -0.1) is 6.58 Å². The van der Waals surface area contributed by atoms with Crippen LogP contribution in [0.15, 0.2) is 30.9 Å². The minimum absolute atomic E-state index is 0.000720. The summed E-state index contributed by atoms with van der Waals surface area (Å²) < 4.78 is 0. The molecule has 21 heavy (non-hydrogen) atoms. The first-order valence-electron chi connectivity index (χ1n) is 7.30. The van der Waals surface area contributed by atoms with E-state index in [4.69, 9.17) is 11.6 Å². The zero-order valence-corrected chi connectivity index (χ0v) is 13.6. The second kappa shape index (κ2) is 6.20. The molecule has 2 N–H and O–H groups in total. The number of halogens is 1. The molecule has 1 aromatic carbocycles. The Kier molecular flexibility index (Phi) is 4.74. The molecule has 114 valence electrons. The summed E-state index contributed by atoms with van der Waals surface area (Å²) >= 11 is 6.15. The Balaban J connectivity index is 2.34. The van der Waals surface area contributed by atoms with Gasteiger partial charge in [0, 0.05) is 22.2 Å². The molecule has 1 fully saturated rings. The van der Waals surface area contributed by atoms with E-state index < -0.39 is 5.41 Å². The van der Waals surface area contributed by atoms with Crippen LogP contribution in [0.4, 0.5) is 5.69 Å². The number of nitrogens with one attached hydrogen (secondary N) is 2. The molecule has 0 unspecified atom stereocenters. The molecule has 0 bridgehead atoms. The van der Waals surface area contributed by atoms with E-state index in [2.05, 4.69) is 17.2 Å². The highest BCUT2D eigenvalue weighted by Gasteiger charge is 2.29. The number of rotatable bonds is 3. The minimum Gasteiger partial charge on any atom is -0.325 e. The van der Waals surface area contributed by atoms with Gasteiger partial charge in [-0.3, -0.25) is 4.79 Å². The normalized spacial score (nSPS) is 22.1. The highest BCUT2D eigenvalue weighted by molar-refractivity contribution is 6.30. The van der Waals surface area contributed by atoms with Crippen LogP contribution in [0.2, 0.25) is 5.02 Å². The van der Waals surface area contributed by atoms with Crippen molar-refractivity contribution in [1.82, 2.24) is 5.32 Å². The maximum Gasteiger partial charge on any atom is 0.229 e. The third-order valence-electron chi connectivity index (χ3n) is 3.85. The van der Waals surface area contributed by atoms with Crippen LogP contribution in [0, 0.1) is 11.3 Å². The van der Waals surface area contributed by atoms with Crippen LogP contribution in [0.5, 0.6) is 0 Å². The molecule has 0 aliphatic carbocycles. The van der Waals surface area contributed by atoms with E-state index in [-0.39, 0.29) is 11.9 Å². The van der Waals surface area contributed by atoms with E-state index in [0.717, 1.165) is 24.2 Å². The smallest absolute Gasteiger partial charge is 0.229 e. The van der Waals surface area contributed by atoms with Gasteiger partial charge in [0.25, 0.3) is 0 Å². The monoisotopic (exact) mass is 306 g/mol. The van der Waals surface area contributed by atoms with Gasteiger partial charge in [0.1, 0.15) is 0 Å². The van der Waals surface area contributed by atoms with Crippen molar-refractivity contribution in [2.24, 2.45) is 11.3 Å². The van der Waals surface area contributed by atoms with Crippen LogP contribution < -0.4 is 10.6 Å². The number of benzene rings is 1. The van der Waals surface area contributed by atoms with E-state index in [1.54, 1.807) is 6.07 Å². The molecule has 0 saturated carbocycles. The van der Waals surface area contributed by atoms with Crippen molar-refractivity contribution < 1.29 is 4.79 Å². The SMILES string of the molecule is C=C[C@@H]1CCN[C@@H]1c1cc(Cl)ccc1NC(=O)C(C)(C)C. The van der Waals surface area contributed by atoms with Crippen molar-refractivity contribution in [1.29, 1.82) is 0 Å². The minimum atomic E-state index is -0.433. The third kappa shape index (κ3) is 3.66. The van der Waals surface area contributed by atoms with Crippen molar-refractivity contribution in [3.05, 3.63) is 41.4 Å². The molecule has 2 atom stereocenters. The molecule has 1 aliphatic heterocycles. The number of hydrogen-bond acceptors (Lipinski definition) is 2. The summed E-state index contributed by atoms with van der Waals surface area (Å²) in [6.45, 7) is 10.6. The van der Waals surface area contributed by atoms with Crippen molar-refractivity contribution in [3.63, 3.8) is 0 Å². The first kappa shape index (κ1) is 16.1. The van der Waals surface area contributed by atoms with Gasteiger partial charge in [-0.05, 0) is 42.6 Å². The van der Waals surface area contributed by atoms with Crippen LogP contribution in [0.3, 0.4) is 0 Å². The largest absolute Gasteiger partial charge is 0.325 e. The lowest BCUT2D eigenvalue weighted by Gasteiger charge is -2.24. The molecule has 4 heteroatoms. The summed E-state index contributed by atoms with van der Waals surface area (Å²) in [5.74, 6) is 0.355. The Morgan fingerprint density at radius 1 is 1.48 bits per heavy atom. The Labute approximate surface area is 131 Å². The second-order valence-electron chi connectivity index (χ2n) is 6.56. The fourth-order valence-electron chi connectivity index (χ4n) is 2.53. The maximum atomic E-state index is 12.3. The van der Waals surface area contributed by atoms with Gasteiger partial charge in [0.2, 0.25) is 5.91 Å². The number of hydrogen-bond donors (Lipinski definition) is 2. The van der Waals surface area contributed by atoms with E-state index >= 15 is 0 Å². The molecule has 1 aliphatic rings. The standard InChI is InChI=1S/C17H23ClN2O/c1-5-11-8-9-19-15(11)13-10-12(18)6-7-14(13)20-16(21)17(2,3)4/h5-7,10-11,15,19H,1,8-9H2,2-4H3,(H,20,21)/t11-,15+/m1/s1. The quantitative estimate of drug-likeness (QED) is 0.823. The molecule has 1 heterocycles. The molecule has 1 aromatic rings. The number of carbonyl (C=O) groups excluding carboxylic acids is 1. The van der Waals surface area contributed by atoms with Crippen molar-refractivity contribution in [2.75, 3.05) is 11.9 Å². The maximum absolute atomic E-state index is 12.3. The van der Waals surface area contributed by atoms with Crippen LogP contribution >= 0.6 is 11.6 Å². The predicted octanol–water partition coefficient (Wildman–Crippen LogP) is 4.16. The van der Waals surface area contributed by atoms with Crippen LogP contribution in [-0.4, -0.2) is 12.5 Å².